The van der Waals surface area contributed by atoms with Gasteiger partial charge in [0.1, 0.15) is 0 Å². The minimum atomic E-state index is -4.46. The molecule has 0 atom stereocenters. The first-order chi connectivity index (χ1) is 12.3. The zero-order valence-electron chi connectivity index (χ0n) is 13.0. The molecule has 0 saturated heterocycles. The van der Waals surface area contributed by atoms with Gasteiger partial charge in [-0.1, -0.05) is 5.04 Å². The van der Waals surface area contributed by atoms with Gasteiger partial charge in [-0.2, -0.15) is 23.4 Å². The summed E-state index contributed by atoms with van der Waals surface area (Å²) in [5.41, 5.74) is 11.1. The van der Waals surface area contributed by atoms with Crippen LogP contribution in [0.2, 0.25) is 0 Å². The minimum absolute atomic E-state index is 0.0173. The van der Waals surface area contributed by atoms with E-state index >= 15 is 0 Å². The third kappa shape index (κ3) is 5.63. The Morgan fingerprint density at radius 3 is 2.62 bits per heavy atom. The number of rotatable bonds is 9. The quantitative estimate of drug-likeness (QED) is 0.143. The van der Waals surface area contributed by atoms with Crippen molar-refractivity contribution < 1.29 is 27.6 Å². The topological polar surface area (TPSA) is 208 Å². The fraction of sp³-hybridized carbons (Fsp3) is 0.182. The lowest BCUT2D eigenvalue weighted by Gasteiger charge is -2.12. The first-order valence-corrected chi connectivity index (χ1v) is 9.00. The lowest BCUT2D eigenvalue weighted by Crippen LogP contribution is -2.16. The predicted molar refractivity (Wildman–Crippen MR) is 92.0 cm³/mol. The molecule has 0 aliphatic carbocycles. The number of hydrogen-bond acceptors (Lipinski definition) is 13. The molecular weight excluding hydrogens is 390 g/mol. The summed E-state index contributed by atoms with van der Waals surface area (Å²) < 4.78 is 36.2. The van der Waals surface area contributed by atoms with Gasteiger partial charge in [-0.3, -0.25) is 4.55 Å². The normalized spacial score (nSPS) is 11.3. The van der Waals surface area contributed by atoms with Crippen molar-refractivity contribution in [2.24, 2.45) is 5.73 Å². The van der Waals surface area contributed by atoms with E-state index in [2.05, 4.69) is 35.0 Å². The van der Waals surface area contributed by atoms with Gasteiger partial charge >= 0.3 is 0 Å². The van der Waals surface area contributed by atoms with E-state index in [1.54, 1.807) is 0 Å². The highest BCUT2D eigenvalue weighted by Crippen LogP contribution is 2.32. The van der Waals surface area contributed by atoms with Crippen molar-refractivity contribution in [3.8, 4) is 0 Å². The molecule has 0 bridgehead atoms. The van der Waals surface area contributed by atoms with Crippen LogP contribution in [0.4, 0.5) is 23.5 Å². The van der Waals surface area contributed by atoms with Gasteiger partial charge in [0.2, 0.25) is 17.8 Å². The van der Waals surface area contributed by atoms with Gasteiger partial charge in [0.25, 0.3) is 10.1 Å². The number of nitrogens with one attached hydrogen (secondary N) is 2. The van der Waals surface area contributed by atoms with E-state index in [-0.39, 0.29) is 28.4 Å². The smallest absolute Gasteiger partial charge is 0.294 e. The summed E-state index contributed by atoms with van der Waals surface area (Å²) in [7, 11) is -4.46. The average molecular weight is 405 g/mol. The summed E-state index contributed by atoms with van der Waals surface area (Å²) in [6.45, 7) is 0.730. The standard InChI is InChI=1S/C11H15N7O6S2/c12-3-4-14-10-16-9(13)17-11(18-10)15-7-5-6(26(20,21)22)1-2-8(7)25-24-23-19/h1-2,5,19H,3-4,12H2,(H,20,21,22)(H4,13,14,15,16,17,18). The van der Waals surface area contributed by atoms with Gasteiger partial charge in [-0.05, 0) is 18.2 Å². The Balaban J connectivity index is 2.38. The van der Waals surface area contributed by atoms with Crippen molar-refractivity contribution in [1.82, 2.24) is 15.0 Å². The number of nitrogens with two attached hydrogens (primary N) is 2. The van der Waals surface area contributed by atoms with Crippen LogP contribution in [0.5, 0.6) is 0 Å². The lowest BCUT2D eigenvalue weighted by molar-refractivity contribution is -0.432. The summed E-state index contributed by atoms with van der Waals surface area (Å²) in [5.74, 6) is 0.0360. The van der Waals surface area contributed by atoms with Crippen LogP contribution in [0.15, 0.2) is 28.0 Å². The van der Waals surface area contributed by atoms with Crippen LogP contribution in [0.25, 0.3) is 0 Å². The maximum atomic E-state index is 11.3. The minimum Gasteiger partial charge on any atom is -0.368 e. The second-order valence-corrected chi connectivity index (χ2v) is 6.70. The fourth-order valence-corrected chi connectivity index (χ4v) is 2.66. The highest BCUT2D eigenvalue weighted by molar-refractivity contribution is 7.94. The summed E-state index contributed by atoms with van der Waals surface area (Å²) in [6, 6.07) is 3.53. The van der Waals surface area contributed by atoms with E-state index < -0.39 is 15.0 Å². The van der Waals surface area contributed by atoms with Crippen molar-refractivity contribution in [3.05, 3.63) is 18.2 Å². The molecule has 0 saturated carbocycles. The fourth-order valence-electron chi connectivity index (χ4n) is 1.72. The SMILES string of the molecule is NCCNc1nc(N)nc(Nc2cc(S(=O)(=O)O)ccc2SOOO)n1. The highest BCUT2D eigenvalue weighted by Gasteiger charge is 2.15. The average Bonchev–Trinajstić information content (AvgIpc) is 2.57. The molecule has 13 nitrogen and oxygen atoms in total. The maximum Gasteiger partial charge on any atom is 0.294 e. The Labute approximate surface area is 151 Å². The molecule has 0 unspecified atom stereocenters. The van der Waals surface area contributed by atoms with E-state index in [1.165, 1.54) is 6.07 Å². The molecule has 1 aromatic carbocycles. The molecule has 0 aliphatic heterocycles. The molecule has 26 heavy (non-hydrogen) atoms. The van der Waals surface area contributed by atoms with E-state index in [0.717, 1.165) is 12.1 Å². The molecule has 0 radical (unpaired) electrons. The third-order valence-electron chi connectivity index (χ3n) is 2.73. The first kappa shape index (κ1) is 20.0. The number of nitrogens with zero attached hydrogens (tertiary/aromatic N) is 3. The van der Waals surface area contributed by atoms with E-state index in [1.807, 2.05) is 0 Å². The van der Waals surface area contributed by atoms with E-state index in [9.17, 15) is 13.0 Å². The van der Waals surface area contributed by atoms with Crippen LogP contribution in [0, 0.1) is 0 Å². The van der Waals surface area contributed by atoms with Crippen molar-refractivity contribution in [1.29, 1.82) is 0 Å². The van der Waals surface area contributed by atoms with Gasteiger partial charge in [-0.15, -0.1) is 4.33 Å². The Morgan fingerprint density at radius 1 is 1.23 bits per heavy atom. The first-order valence-electron chi connectivity index (χ1n) is 6.82. The van der Waals surface area contributed by atoms with Gasteiger partial charge < -0.3 is 22.1 Å². The van der Waals surface area contributed by atoms with Gasteiger partial charge in [-0.25, -0.2) is 5.26 Å². The molecule has 0 spiro atoms. The number of benzene rings is 1. The highest BCUT2D eigenvalue weighted by atomic mass is 32.2. The zero-order valence-corrected chi connectivity index (χ0v) is 14.6. The molecular formula is C11H15N7O6S2. The van der Waals surface area contributed by atoms with Crippen LogP contribution in [0.3, 0.4) is 0 Å². The largest absolute Gasteiger partial charge is 0.368 e. The van der Waals surface area contributed by atoms with Gasteiger partial charge in [0.05, 0.1) is 27.5 Å². The third-order valence-corrected chi connectivity index (χ3v) is 4.24. The monoisotopic (exact) mass is 405 g/mol. The van der Waals surface area contributed by atoms with Crippen molar-refractivity contribution in [2.75, 3.05) is 29.5 Å². The zero-order chi connectivity index (χ0) is 19.2. The van der Waals surface area contributed by atoms with Crippen molar-refractivity contribution >= 4 is 45.7 Å². The Kier molecular flexibility index (Phi) is 6.86. The van der Waals surface area contributed by atoms with Crippen molar-refractivity contribution in [3.63, 3.8) is 0 Å². The number of aromatic nitrogens is 3. The molecule has 0 amide bonds. The Bertz CT molecular complexity index is 866. The molecule has 1 aromatic heterocycles. The summed E-state index contributed by atoms with van der Waals surface area (Å²) >= 11 is 0.562. The predicted octanol–water partition coefficient (Wildman–Crippen LogP) is 0.243. The molecule has 15 heteroatoms. The van der Waals surface area contributed by atoms with E-state index in [0.29, 0.717) is 25.1 Å². The summed E-state index contributed by atoms with van der Waals surface area (Å²) in [6.07, 6.45) is 0. The van der Waals surface area contributed by atoms with Gasteiger partial charge in [0, 0.05) is 13.1 Å². The lowest BCUT2D eigenvalue weighted by atomic mass is 10.3. The molecule has 2 rings (SSSR count). The van der Waals surface area contributed by atoms with Crippen LogP contribution in [0.1, 0.15) is 0 Å². The molecule has 1 heterocycles. The van der Waals surface area contributed by atoms with Crippen LogP contribution >= 0.6 is 12.0 Å². The second kappa shape index (κ2) is 8.90. The molecule has 2 aromatic rings. The number of hydrogen-bond donors (Lipinski definition) is 6. The number of nitrogen functional groups attached to an aromatic ring is 1. The van der Waals surface area contributed by atoms with Crippen molar-refractivity contribution in [2.45, 2.75) is 9.79 Å². The van der Waals surface area contributed by atoms with E-state index in [4.69, 9.17) is 16.7 Å². The Hall–Kier alpha value is -2.27. The Morgan fingerprint density at radius 2 is 1.96 bits per heavy atom. The maximum absolute atomic E-state index is 11.3. The van der Waals surface area contributed by atoms with Crippen LogP contribution in [-0.2, 0) is 19.5 Å². The molecule has 142 valence electrons. The molecule has 0 fully saturated rings. The number of anilines is 4. The summed E-state index contributed by atoms with van der Waals surface area (Å²) in [4.78, 5) is 11.7. The molecule has 0 aliphatic rings. The van der Waals surface area contributed by atoms with Crippen LogP contribution in [-0.4, -0.2) is 46.3 Å². The second-order valence-electron chi connectivity index (χ2n) is 4.54. The summed E-state index contributed by atoms with van der Waals surface area (Å²) in [5, 5.41) is 17.3. The van der Waals surface area contributed by atoms with Crippen LogP contribution < -0.4 is 22.1 Å². The molecule has 8 N–H and O–H groups in total. The van der Waals surface area contributed by atoms with Gasteiger partial charge in [0.15, 0.2) is 0 Å².